The lowest BCUT2D eigenvalue weighted by atomic mass is 10.1. The minimum absolute atomic E-state index is 0.00133. The summed E-state index contributed by atoms with van der Waals surface area (Å²) in [6, 6.07) is 16.6. The first-order valence-electron chi connectivity index (χ1n) is 6.72. The molecule has 0 bridgehead atoms. The first kappa shape index (κ1) is 14.9. The predicted molar refractivity (Wildman–Crippen MR) is 87.3 cm³/mol. The Morgan fingerprint density at radius 2 is 1.90 bits per heavy atom. The maximum absolute atomic E-state index is 6.30. The molecule has 20 heavy (non-hydrogen) atoms. The molecule has 3 heteroatoms. The summed E-state index contributed by atoms with van der Waals surface area (Å²) in [5.74, 6) is 2.75. The van der Waals surface area contributed by atoms with Gasteiger partial charge in [0.1, 0.15) is 5.75 Å². The Hall–Kier alpha value is -1.45. The third-order valence-electron chi connectivity index (χ3n) is 3.19. The van der Waals surface area contributed by atoms with E-state index in [4.69, 9.17) is 10.5 Å². The number of nitrogens with two attached hydrogens (primary N) is 1. The second kappa shape index (κ2) is 7.36. The second-order valence-corrected chi connectivity index (χ2v) is 5.88. The lowest BCUT2D eigenvalue weighted by molar-refractivity contribution is 0.407. The van der Waals surface area contributed by atoms with Gasteiger partial charge < -0.3 is 10.5 Å². The average molecular weight is 287 g/mol. The summed E-state index contributed by atoms with van der Waals surface area (Å²) in [4.78, 5) is 0. The van der Waals surface area contributed by atoms with Crippen LogP contribution in [-0.4, -0.2) is 12.9 Å². The van der Waals surface area contributed by atoms with Crippen molar-refractivity contribution in [3.63, 3.8) is 0 Å². The SMILES string of the molecule is COc1ccc(C)cc1C(N)CSCc1ccccc1. The van der Waals surface area contributed by atoms with Crippen molar-refractivity contribution < 1.29 is 4.74 Å². The third-order valence-corrected chi connectivity index (χ3v) is 4.33. The van der Waals surface area contributed by atoms with Crippen molar-refractivity contribution in [2.45, 2.75) is 18.7 Å². The van der Waals surface area contributed by atoms with E-state index in [1.807, 2.05) is 30.0 Å². The topological polar surface area (TPSA) is 35.2 Å². The Morgan fingerprint density at radius 1 is 1.15 bits per heavy atom. The van der Waals surface area contributed by atoms with Gasteiger partial charge in [0.25, 0.3) is 0 Å². The first-order valence-corrected chi connectivity index (χ1v) is 7.88. The third kappa shape index (κ3) is 4.02. The maximum Gasteiger partial charge on any atom is 0.123 e. The molecule has 2 aromatic rings. The molecule has 0 saturated heterocycles. The van der Waals surface area contributed by atoms with E-state index in [9.17, 15) is 0 Å². The molecule has 0 aliphatic rings. The van der Waals surface area contributed by atoms with E-state index < -0.39 is 0 Å². The molecular weight excluding hydrogens is 266 g/mol. The van der Waals surface area contributed by atoms with Gasteiger partial charge in [-0.25, -0.2) is 0 Å². The van der Waals surface area contributed by atoms with Crippen LogP contribution < -0.4 is 10.5 Å². The molecule has 0 aromatic heterocycles. The second-order valence-electron chi connectivity index (χ2n) is 4.85. The average Bonchev–Trinajstić information content (AvgIpc) is 2.48. The zero-order chi connectivity index (χ0) is 14.4. The van der Waals surface area contributed by atoms with Crippen molar-refractivity contribution in [2.24, 2.45) is 5.73 Å². The van der Waals surface area contributed by atoms with Gasteiger partial charge in [0.15, 0.2) is 0 Å². The summed E-state index contributed by atoms with van der Waals surface area (Å²) in [6.07, 6.45) is 0. The molecule has 0 radical (unpaired) electrons. The molecule has 0 amide bonds. The van der Waals surface area contributed by atoms with Crippen molar-refractivity contribution in [3.05, 3.63) is 65.2 Å². The van der Waals surface area contributed by atoms with Crippen molar-refractivity contribution in [1.82, 2.24) is 0 Å². The highest BCUT2D eigenvalue weighted by Gasteiger charge is 2.12. The summed E-state index contributed by atoms with van der Waals surface area (Å²) in [5, 5.41) is 0. The fraction of sp³-hybridized carbons (Fsp3) is 0.294. The molecule has 0 aliphatic carbocycles. The molecule has 106 valence electrons. The Morgan fingerprint density at radius 3 is 2.60 bits per heavy atom. The number of ether oxygens (including phenoxy) is 1. The Kier molecular flexibility index (Phi) is 5.50. The quantitative estimate of drug-likeness (QED) is 0.874. The largest absolute Gasteiger partial charge is 0.496 e. The number of hydrogen-bond acceptors (Lipinski definition) is 3. The van der Waals surface area contributed by atoms with Gasteiger partial charge in [0, 0.05) is 23.1 Å². The summed E-state index contributed by atoms with van der Waals surface area (Å²) in [6.45, 7) is 2.08. The smallest absolute Gasteiger partial charge is 0.123 e. The Labute approximate surface area is 125 Å². The number of benzene rings is 2. The van der Waals surface area contributed by atoms with E-state index in [0.29, 0.717) is 0 Å². The van der Waals surface area contributed by atoms with E-state index in [-0.39, 0.29) is 6.04 Å². The lowest BCUT2D eigenvalue weighted by Gasteiger charge is -2.16. The number of hydrogen-bond donors (Lipinski definition) is 1. The van der Waals surface area contributed by atoms with Crippen molar-refractivity contribution in [3.8, 4) is 5.75 Å². The molecule has 2 aromatic carbocycles. The molecule has 2 nitrogen and oxygen atoms in total. The molecule has 1 atom stereocenters. The fourth-order valence-electron chi connectivity index (χ4n) is 2.11. The monoisotopic (exact) mass is 287 g/mol. The number of rotatable bonds is 6. The van der Waals surface area contributed by atoms with Crippen molar-refractivity contribution in [1.29, 1.82) is 0 Å². The van der Waals surface area contributed by atoms with Crippen LogP contribution in [0.5, 0.6) is 5.75 Å². The van der Waals surface area contributed by atoms with Gasteiger partial charge in [0.2, 0.25) is 0 Å². The molecule has 1 unspecified atom stereocenters. The van der Waals surface area contributed by atoms with E-state index in [1.165, 1.54) is 11.1 Å². The summed E-state index contributed by atoms with van der Waals surface area (Å²) in [5.41, 5.74) is 9.94. The molecule has 0 fully saturated rings. The van der Waals surface area contributed by atoms with Gasteiger partial charge in [-0.05, 0) is 18.6 Å². The normalized spacial score (nSPS) is 12.2. The highest BCUT2D eigenvalue weighted by Crippen LogP contribution is 2.28. The summed E-state index contributed by atoms with van der Waals surface area (Å²) >= 11 is 1.85. The molecule has 0 spiro atoms. The van der Waals surface area contributed by atoms with Crippen LogP contribution in [0.1, 0.15) is 22.7 Å². The van der Waals surface area contributed by atoms with Crippen molar-refractivity contribution >= 4 is 11.8 Å². The zero-order valence-corrected chi connectivity index (χ0v) is 12.8. The Bertz CT molecular complexity index is 542. The zero-order valence-electron chi connectivity index (χ0n) is 12.0. The highest BCUT2D eigenvalue weighted by atomic mass is 32.2. The molecule has 0 saturated carbocycles. The highest BCUT2D eigenvalue weighted by molar-refractivity contribution is 7.98. The van der Waals surface area contributed by atoms with Crippen LogP contribution in [0, 0.1) is 6.92 Å². The molecule has 2 N–H and O–H groups in total. The van der Waals surface area contributed by atoms with Gasteiger partial charge in [-0.2, -0.15) is 11.8 Å². The van der Waals surface area contributed by atoms with Gasteiger partial charge >= 0.3 is 0 Å². The van der Waals surface area contributed by atoms with Crippen LogP contribution in [0.3, 0.4) is 0 Å². The van der Waals surface area contributed by atoms with Crippen molar-refractivity contribution in [2.75, 3.05) is 12.9 Å². The lowest BCUT2D eigenvalue weighted by Crippen LogP contribution is -2.14. The van der Waals surface area contributed by atoms with Gasteiger partial charge in [-0.15, -0.1) is 0 Å². The maximum atomic E-state index is 6.30. The minimum Gasteiger partial charge on any atom is -0.496 e. The van der Waals surface area contributed by atoms with Gasteiger partial charge in [-0.1, -0.05) is 48.0 Å². The predicted octanol–water partition coefficient (Wildman–Crippen LogP) is 3.94. The standard InChI is InChI=1S/C17H21NOS/c1-13-8-9-17(19-2)15(10-13)16(18)12-20-11-14-6-4-3-5-7-14/h3-10,16H,11-12,18H2,1-2H3. The van der Waals surface area contributed by atoms with E-state index in [0.717, 1.165) is 22.8 Å². The van der Waals surface area contributed by atoms with Gasteiger partial charge in [0.05, 0.1) is 7.11 Å². The van der Waals surface area contributed by atoms with Crippen LogP contribution in [-0.2, 0) is 5.75 Å². The molecule has 0 aliphatic heterocycles. The summed E-state index contributed by atoms with van der Waals surface area (Å²) in [7, 11) is 1.69. The van der Waals surface area contributed by atoms with Crippen LogP contribution in [0.25, 0.3) is 0 Å². The van der Waals surface area contributed by atoms with E-state index in [1.54, 1.807) is 7.11 Å². The molecule has 0 heterocycles. The van der Waals surface area contributed by atoms with Gasteiger partial charge in [-0.3, -0.25) is 0 Å². The number of methoxy groups -OCH3 is 1. The van der Waals surface area contributed by atoms with Crippen LogP contribution in [0.15, 0.2) is 48.5 Å². The molecule has 2 rings (SSSR count). The van der Waals surface area contributed by atoms with Crippen LogP contribution in [0.4, 0.5) is 0 Å². The van der Waals surface area contributed by atoms with Crippen LogP contribution in [0.2, 0.25) is 0 Å². The summed E-state index contributed by atoms with van der Waals surface area (Å²) < 4.78 is 5.40. The first-order chi connectivity index (χ1) is 9.70. The van der Waals surface area contributed by atoms with E-state index in [2.05, 4.69) is 37.3 Å². The van der Waals surface area contributed by atoms with E-state index >= 15 is 0 Å². The van der Waals surface area contributed by atoms with Crippen LogP contribution >= 0.6 is 11.8 Å². The minimum atomic E-state index is -0.00133. The fourth-order valence-corrected chi connectivity index (χ4v) is 3.09. The number of aryl methyl sites for hydroxylation is 1. The number of thioether (sulfide) groups is 1. The Balaban J connectivity index is 1.95. The molecular formula is C17H21NOS.